The Kier molecular flexibility index (Phi) is 6.48. The van der Waals surface area contributed by atoms with Crippen LogP contribution in [0, 0.1) is 12.8 Å². The van der Waals surface area contributed by atoms with E-state index in [1.54, 1.807) is 19.0 Å². The summed E-state index contributed by atoms with van der Waals surface area (Å²) in [7, 11) is -0.279. The molecule has 2 aliphatic rings. The summed E-state index contributed by atoms with van der Waals surface area (Å²) in [4.78, 5) is 27.7. The zero-order valence-electron chi connectivity index (χ0n) is 17.3. The molecule has 160 valence electrons. The number of rotatable bonds is 4. The number of amides is 3. The van der Waals surface area contributed by atoms with E-state index in [0.29, 0.717) is 39.0 Å². The lowest BCUT2D eigenvalue weighted by Crippen LogP contribution is -2.42. The number of nitrogens with zero attached hydrogens (tertiary/aromatic N) is 3. The normalized spacial score (nSPS) is 23.9. The van der Waals surface area contributed by atoms with Crippen LogP contribution >= 0.6 is 0 Å². The largest absolute Gasteiger partial charge is 0.348 e. The summed E-state index contributed by atoms with van der Waals surface area (Å²) in [6.45, 7) is 3.62. The lowest BCUT2D eigenvalue weighted by Gasteiger charge is -2.23. The Morgan fingerprint density at radius 2 is 1.86 bits per heavy atom. The molecule has 29 heavy (non-hydrogen) atoms. The maximum Gasteiger partial charge on any atom is 0.317 e. The van der Waals surface area contributed by atoms with Crippen molar-refractivity contribution in [1.82, 2.24) is 19.4 Å². The SMILES string of the molecule is Cc1ccccc1CNC(=O)N1CC[C@@H]2CN(CC(=O)N(C)C)S(=O)(=O)[C@@H]2CC1. The maximum atomic E-state index is 12.9. The molecule has 9 heteroatoms. The van der Waals surface area contributed by atoms with Gasteiger partial charge in [0.15, 0.2) is 0 Å². The van der Waals surface area contributed by atoms with Gasteiger partial charge in [0.25, 0.3) is 0 Å². The molecule has 2 atom stereocenters. The van der Waals surface area contributed by atoms with Crippen molar-refractivity contribution in [2.75, 3.05) is 40.3 Å². The van der Waals surface area contributed by atoms with Crippen LogP contribution in [-0.4, -0.2) is 80.0 Å². The molecule has 0 aromatic heterocycles. The lowest BCUT2D eigenvalue weighted by atomic mass is 10.0. The summed E-state index contributed by atoms with van der Waals surface area (Å²) in [6.07, 6.45) is 1.02. The highest BCUT2D eigenvalue weighted by Crippen LogP contribution is 2.34. The van der Waals surface area contributed by atoms with Gasteiger partial charge in [-0.05, 0) is 36.8 Å². The van der Waals surface area contributed by atoms with E-state index in [2.05, 4.69) is 5.32 Å². The predicted molar refractivity (Wildman–Crippen MR) is 111 cm³/mol. The number of likely N-dealkylation sites (N-methyl/N-ethyl adjacent to an activating group) is 1. The molecule has 1 aromatic carbocycles. The Hall–Kier alpha value is -2.13. The van der Waals surface area contributed by atoms with E-state index >= 15 is 0 Å². The van der Waals surface area contributed by atoms with Gasteiger partial charge in [0.2, 0.25) is 15.9 Å². The van der Waals surface area contributed by atoms with Crippen LogP contribution in [0.3, 0.4) is 0 Å². The van der Waals surface area contributed by atoms with E-state index in [1.165, 1.54) is 9.21 Å². The van der Waals surface area contributed by atoms with Gasteiger partial charge < -0.3 is 15.1 Å². The summed E-state index contributed by atoms with van der Waals surface area (Å²) in [5.41, 5.74) is 2.19. The number of hydrogen-bond acceptors (Lipinski definition) is 4. The fourth-order valence-corrected chi connectivity index (χ4v) is 6.22. The highest BCUT2D eigenvalue weighted by molar-refractivity contribution is 7.90. The van der Waals surface area contributed by atoms with Gasteiger partial charge in [-0.3, -0.25) is 4.79 Å². The molecule has 0 saturated carbocycles. The molecule has 1 aromatic rings. The van der Waals surface area contributed by atoms with Crippen molar-refractivity contribution in [3.8, 4) is 0 Å². The van der Waals surface area contributed by atoms with Gasteiger partial charge in [-0.1, -0.05) is 24.3 Å². The quantitative estimate of drug-likeness (QED) is 0.784. The van der Waals surface area contributed by atoms with Crippen LogP contribution in [0.15, 0.2) is 24.3 Å². The number of sulfonamides is 1. The molecule has 3 amide bonds. The summed E-state index contributed by atoms with van der Waals surface area (Å²) in [6, 6.07) is 7.74. The van der Waals surface area contributed by atoms with E-state index < -0.39 is 15.3 Å². The molecule has 8 nitrogen and oxygen atoms in total. The molecule has 2 fully saturated rings. The van der Waals surface area contributed by atoms with Gasteiger partial charge >= 0.3 is 6.03 Å². The highest BCUT2D eigenvalue weighted by Gasteiger charge is 2.47. The first kappa shape index (κ1) is 21.6. The molecule has 2 aliphatic heterocycles. The summed E-state index contributed by atoms with van der Waals surface area (Å²) in [5, 5.41) is 2.43. The average Bonchev–Trinajstić information content (AvgIpc) is 2.81. The molecule has 0 bridgehead atoms. The fourth-order valence-electron chi connectivity index (χ4n) is 4.04. The van der Waals surface area contributed by atoms with Gasteiger partial charge in [-0.15, -0.1) is 0 Å². The van der Waals surface area contributed by atoms with E-state index in [1.807, 2.05) is 31.2 Å². The number of benzene rings is 1. The third kappa shape index (κ3) is 4.72. The predicted octanol–water partition coefficient (Wildman–Crippen LogP) is 1.02. The first-order valence-electron chi connectivity index (χ1n) is 9.96. The third-order valence-electron chi connectivity index (χ3n) is 5.95. The van der Waals surface area contributed by atoms with E-state index in [0.717, 1.165) is 11.1 Å². The molecule has 0 spiro atoms. The molecular weight excluding hydrogens is 392 g/mol. The number of aryl methyl sites for hydroxylation is 1. The molecule has 1 N–H and O–H groups in total. The topological polar surface area (TPSA) is 90.0 Å². The second-order valence-corrected chi connectivity index (χ2v) is 10.2. The van der Waals surface area contributed by atoms with Crippen molar-refractivity contribution in [3.63, 3.8) is 0 Å². The Morgan fingerprint density at radius 3 is 2.55 bits per heavy atom. The fraction of sp³-hybridized carbons (Fsp3) is 0.600. The monoisotopic (exact) mass is 422 g/mol. The zero-order valence-corrected chi connectivity index (χ0v) is 18.1. The van der Waals surface area contributed by atoms with Crippen LogP contribution in [0.2, 0.25) is 0 Å². The van der Waals surface area contributed by atoms with Crippen LogP contribution in [-0.2, 0) is 21.4 Å². The molecule has 0 aliphatic carbocycles. The van der Waals surface area contributed by atoms with Crippen LogP contribution in [0.4, 0.5) is 4.79 Å². The second kappa shape index (κ2) is 8.71. The Bertz CT molecular complexity index is 871. The van der Waals surface area contributed by atoms with Crippen molar-refractivity contribution in [3.05, 3.63) is 35.4 Å². The number of nitrogens with one attached hydrogen (secondary N) is 1. The van der Waals surface area contributed by atoms with Crippen molar-refractivity contribution in [2.45, 2.75) is 31.6 Å². The van der Waals surface area contributed by atoms with Crippen LogP contribution < -0.4 is 5.32 Å². The number of urea groups is 1. The van der Waals surface area contributed by atoms with Crippen molar-refractivity contribution >= 4 is 22.0 Å². The highest BCUT2D eigenvalue weighted by atomic mass is 32.2. The number of hydrogen-bond donors (Lipinski definition) is 1. The number of fused-ring (bicyclic) bond motifs is 1. The van der Waals surface area contributed by atoms with Gasteiger partial charge in [-0.25, -0.2) is 13.2 Å². The first-order chi connectivity index (χ1) is 13.7. The standard InChI is InChI=1S/C20H30N4O4S/c1-15-6-4-5-7-16(15)12-21-20(26)23-10-8-17-13-24(14-19(25)22(2)3)29(27,28)18(17)9-11-23/h4-7,17-18H,8-14H2,1-3H3,(H,21,26)/t17-,18-/m1/s1. The van der Waals surface area contributed by atoms with Gasteiger partial charge in [-0.2, -0.15) is 4.31 Å². The molecule has 0 unspecified atom stereocenters. The third-order valence-corrected chi connectivity index (χ3v) is 8.33. The lowest BCUT2D eigenvalue weighted by molar-refractivity contribution is -0.128. The molecule has 0 radical (unpaired) electrons. The smallest absolute Gasteiger partial charge is 0.317 e. The van der Waals surface area contributed by atoms with Crippen molar-refractivity contribution in [1.29, 1.82) is 0 Å². The minimum atomic E-state index is -3.52. The van der Waals surface area contributed by atoms with Gasteiger partial charge in [0.1, 0.15) is 0 Å². The number of carbonyl (C=O) groups is 2. The van der Waals surface area contributed by atoms with Gasteiger partial charge in [0.05, 0.1) is 11.8 Å². The van der Waals surface area contributed by atoms with Crippen LogP contribution in [0.5, 0.6) is 0 Å². The van der Waals surface area contributed by atoms with E-state index in [9.17, 15) is 18.0 Å². The average molecular weight is 423 g/mol. The molecular formula is C20H30N4O4S. The Morgan fingerprint density at radius 1 is 1.17 bits per heavy atom. The minimum absolute atomic E-state index is 0.0517. The molecule has 2 saturated heterocycles. The van der Waals surface area contributed by atoms with Crippen LogP contribution in [0.1, 0.15) is 24.0 Å². The number of carbonyl (C=O) groups excluding carboxylic acids is 2. The maximum absolute atomic E-state index is 12.9. The van der Waals surface area contributed by atoms with E-state index in [4.69, 9.17) is 0 Å². The Balaban J connectivity index is 1.58. The molecule has 3 rings (SSSR count). The zero-order chi connectivity index (χ0) is 21.2. The van der Waals surface area contributed by atoms with Gasteiger partial charge in [0, 0.05) is 40.3 Å². The molecule has 2 heterocycles. The summed E-state index contributed by atoms with van der Waals surface area (Å²) >= 11 is 0. The van der Waals surface area contributed by atoms with Crippen molar-refractivity contribution < 1.29 is 18.0 Å². The summed E-state index contributed by atoms with van der Waals surface area (Å²) < 4.78 is 27.1. The Labute approximate surface area is 172 Å². The second-order valence-electron chi connectivity index (χ2n) is 8.07. The minimum Gasteiger partial charge on any atom is -0.348 e. The van der Waals surface area contributed by atoms with Crippen LogP contribution in [0.25, 0.3) is 0 Å². The first-order valence-corrected chi connectivity index (χ1v) is 11.5. The van der Waals surface area contributed by atoms with E-state index in [-0.39, 0.29) is 24.4 Å². The number of likely N-dealkylation sites (tertiary alicyclic amines) is 1. The summed E-state index contributed by atoms with van der Waals surface area (Å²) in [5.74, 6) is -0.272. The van der Waals surface area contributed by atoms with Crippen molar-refractivity contribution in [2.24, 2.45) is 5.92 Å².